The zero-order valence-corrected chi connectivity index (χ0v) is 9.82. The monoisotopic (exact) mass is 234 g/mol. The molecule has 5 nitrogen and oxygen atoms in total. The van der Waals surface area contributed by atoms with E-state index < -0.39 is 0 Å². The van der Waals surface area contributed by atoms with Crippen molar-refractivity contribution in [3.63, 3.8) is 0 Å². The summed E-state index contributed by atoms with van der Waals surface area (Å²) in [4.78, 5) is 27.9. The van der Waals surface area contributed by atoms with Crippen LogP contribution in [0.2, 0.25) is 0 Å². The summed E-state index contributed by atoms with van der Waals surface area (Å²) in [6.45, 7) is 0. The van der Waals surface area contributed by atoms with Gasteiger partial charge in [0.2, 0.25) is 5.91 Å². The fraction of sp³-hybridized carbons (Fsp3) is 0.333. The molecule has 1 heterocycles. The highest BCUT2D eigenvalue weighted by Gasteiger charge is 2.18. The van der Waals surface area contributed by atoms with Crippen molar-refractivity contribution >= 4 is 17.5 Å². The van der Waals surface area contributed by atoms with E-state index in [1.807, 2.05) is 6.07 Å². The Bertz CT molecular complexity index is 471. The molecule has 1 aromatic carbocycles. The molecule has 0 aromatic heterocycles. The van der Waals surface area contributed by atoms with Gasteiger partial charge in [0, 0.05) is 24.7 Å². The summed E-state index contributed by atoms with van der Waals surface area (Å²) in [5, 5.41) is 3.91. The summed E-state index contributed by atoms with van der Waals surface area (Å²) in [7, 11) is 2.97. The van der Waals surface area contributed by atoms with Gasteiger partial charge < -0.3 is 5.32 Å². The van der Waals surface area contributed by atoms with Crippen LogP contribution in [-0.2, 0) is 16.1 Å². The second-order valence-corrected chi connectivity index (χ2v) is 3.91. The Hall–Kier alpha value is -1.88. The third-order valence-corrected chi connectivity index (χ3v) is 2.81. The number of carbonyl (C=O) groups excluding carboxylic acids is 2. The van der Waals surface area contributed by atoms with Gasteiger partial charge in [-0.3, -0.25) is 14.4 Å². The molecule has 0 unspecified atom stereocenters. The summed E-state index contributed by atoms with van der Waals surface area (Å²) in [5.41, 5.74) is 2.27. The van der Waals surface area contributed by atoms with Crippen molar-refractivity contribution in [2.24, 2.45) is 0 Å². The van der Waals surface area contributed by atoms with Crippen LogP contribution in [-0.4, -0.2) is 31.0 Å². The van der Waals surface area contributed by atoms with Gasteiger partial charge in [-0.2, -0.15) is 0 Å². The van der Waals surface area contributed by atoms with Crippen LogP contribution in [0, 0.1) is 0 Å². The molecular formula is C12H14N2O3. The van der Waals surface area contributed by atoms with E-state index in [1.54, 1.807) is 19.2 Å². The van der Waals surface area contributed by atoms with E-state index in [2.05, 4.69) is 5.32 Å². The van der Waals surface area contributed by atoms with Crippen molar-refractivity contribution in [2.45, 2.75) is 12.8 Å². The average Bonchev–Trinajstić information content (AvgIpc) is 2.36. The summed E-state index contributed by atoms with van der Waals surface area (Å²) < 4.78 is 0. The fourth-order valence-corrected chi connectivity index (χ4v) is 1.77. The number of hydrogen-bond acceptors (Lipinski definition) is 3. The smallest absolute Gasteiger partial charge is 0.277 e. The Morgan fingerprint density at radius 2 is 2.18 bits per heavy atom. The number of nitrogens with one attached hydrogen (secondary N) is 1. The van der Waals surface area contributed by atoms with Gasteiger partial charge in [-0.1, -0.05) is 6.07 Å². The van der Waals surface area contributed by atoms with Crippen LogP contribution in [0.3, 0.4) is 0 Å². The highest BCUT2D eigenvalue weighted by molar-refractivity contribution is 5.98. The minimum atomic E-state index is -0.241. The number of hydroxylamine groups is 2. The van der Waals surface area contributed by atoms with Crippen molar-refractivity contribution < 1.29 is 14.4 Å². The number of aryl methyl sites for hydroxylation is 1. The first-order valence-electron chi connectivity index (χ1n) is 5.37. The number of benzene rings is 1. The van der Waals surface area contributed by atoms with Gasteiger partial charge in [0.25, 0.3) is 5.91 Å². The maximum absolute atomic E-state index is 11.8. The zero-order chi connectivity index (χ0) is 12.4. The van der Waals surface area contributed by atoms with Crippen LogP contribution in [0.15, 0.2) is 18.2 Å². The number of anilines is 1. The van der Waals surface area contributed by atoms with E-state index >= 15 is 0 Å². The highest BCUT2D eigenvalue weighted by Crippen LogP contribution is 2.24. The molecule has 90 valence electrons. The van der Waals surface area contributed by atoms with Crippen molar-refractivity contribution in [2.75, 3.05) is 19.5 Å². The number of hydrogen-bond donors (Lipinski definition) is 1. The molecule has 0 fully saturated rings. The van der Waals surface area contributed by atoms with E-state index in [1.165, 1.54) is 7.11 Å². The molecule has 0 bridgehead atoms. The SMILES string of the molecule is CON(C)C(=O)c1ccc2c(c1)NC(=O)CC2. The lowest BCUT2D eigenvalue weighted by molar-refractivity contribution is -0.116. The van der Waals surface area contributed by atoms with E-state index in [0.29, 0.717) is 12.0 Å². The van der Waals surface area contributed by atoms with Gasteiger partial charge in [-0.25, -0.2) is 5.06 Å². The average molecular weight is 234 g/mol. The molecule has 1 N–H and O–H groups in total. The molecule has 0 spiro atoms. The van der Waals surface area contributed by atoms with Crippen LogP contribution in [0.5, 0.6) is 0 Å². The van der Waals surface area contributed by atoms with E-state index in [0.717, 1.165) is 22.7 Å². The van der Waals surface area contributed by atoms with Crippen LogP contribution in [0.1, 0.15) is 22.3 Å². The minimum absolute atomic E-state index is 0.0119. The highest BCUT2D eigenvalue weighted by atomic mass is 16.7. The third-order valence-electron chi connectivity index (χ3n) is 2.81. The Morgan fingerprint density at radius 3 is 2.88 bits per heavy atom. The lowest BCUT2D eigenvalue weighted by Gasteiger charge is -2.19. The summed E-state index contributed by atoms with van der Waals surface area (Å²) in [5.74, 6) is -0.252. The van der Waals surface area contributed by atoms with Gasteiger partial charge >= 0.3 is 0 Å². The summed E-state index contributed by atoms with van der Waals surface area (Å²) >= 11 is 0. The number of amides is 2. The predicted molar refractivity (Wildman–Crippen MR) is 62.5 cm³/mol. The molecule has 2 amide bonds. The minimum Gasteiger partial charge on any atom is -0.326 e. The van der Waals surface area contributed by atoms with Gasteiger partial charge in [0.15, 0.2) is 0 Å². The third kappa shape index (κ3) is 2.29. The number of nitrogens with zero attached hydrogens (tertiary/aromatic N) is 1. The molecule has 17 heavy (non-hydrogen) atoms. The summed E-state index contributed by atoms with van der Waals surface area (Å²) in [6, 6.07) is 5.30. The molecule has 2 rings (SSSR count). The molecule has 0 saturated carbocycles. The zero-order valence-electron chi connectivity index (χ0n) is 9.82. The molecule has 1 aliphatic rings. The first-order valence-corrected chi connectivity index (χ1v) is 5.37. The normalized spacial score (nSPS) is 13.9. The van der Waals surface area contributed by atoms with Crippen LogP contribution < -0.4 is 5.32 Å². The van der Waals surface area contributed by atoms with Crippen LogP contribution >= 0.6 is 0 Å². The first kappa shape index (κ1) is 11.6. The topological polar surface area (TPSA) is 58.6 Å². The Labute approximate surface area is 99.3 Å². The van der Waals surface area contributed by atoms with Crippen molar-refractivity contribution in [1.29, 1.82) is 0 Å². The van der Waals surface area contributed by atoms with Crippen molar-refractivity contribution in [3.8, 4) is 0 Å². The molecule has 0 saturated heterocycles. The van der Waals surface area contributed by atoms with E-state index in [4.69, 9.17) is 4.84 Å². The largest absolute Gasteiger partial charge is 0.326 e. The summed E-state index contributed by atoms with van der Waals surface area (Å²) in [6.07, 6.45) is 1.22. The maximum atomic E-state index is 11.8. The van der Waals surface area contributed by atoms with Gasteiger partial charge in [-0.05, 0) is 24.1 Å². The molecule has 0 atom stereocenters. The molecule has 0 aliphatic carbocycles. The van der Waals surface area contributed by atoms with Crippen LogP contribution in [0.25, 0.3) is 0 Å². The molecular weight excluding hydrogens is 220 g/mol. The van der Waals surface area contributed by atoms with Gasteiger partial charge in [0.05, 0.1) is 7.11 Å². The Morgan fingerprint density at radius 1 is 1.41 bits per heavy atom. The van der Waals surface area contributed by atoms with E-state index in [9.17, 15) is 9.59 Å². The quantitative estimate of drug-likeness (QED) is 0.782. The molecule has 0 radical (unpaired) electrons. The molecule has 5 heteroatoms. The number of fused-ring (bicyclic) bond motifs is 1. The van der Waals surface area contributed by atoms with Crippen molar-refractivity contribution in [1.82, 2.24) is 5.06 Å². The maximum Gasteiger partial charge on any atom is 0.277 e. The van der Waals surface area contributed by atoms with Gasteiger partial charge in [-0.15, -0.1) is 0 Å². The lowest BCUT2D eigenvalue weighted by atomic mass is 10.0. The second-order valence-electron chi connectivity index (χ2n) is 3.91. The Kier molecular flexibility index (Phi) is 3.10. The van der Waals surface area contributed by atoms with Crippen LogP contribution in [0.4, 0.5) is 5.69 Å². The predicted octanol–water partition coefficient (Wildman–Crippen LogP) is 1.20. The molecule has 1 aromatic rings. The second kappa shape index (κ2) is 4.55. The fourth-order valence-electron chi connectivity index (χ4n) is 1.77. The lowest BCUT2D eigenvalue weighted by Crippen LogP contribution is -2.26. The Balaban J connectivity index is 2.30. The van der Waals surface area contributed by atoms with Gasteiger partial charge in [0.1, 0.15) is 0 Å². The standard InChI is InChI=1S/C12H14N2O3/c1-14(17-2)12(16)9-4-3-8-5-6-11(15)13-10(8)7-9/h3-4,7H,5-6H2,1-2H3,(H,13,15). The van der Waals surface area contributed by atoms with Crippen molar-refractivity contribution in [3.05, 3.63) is 29.3 Å². The molecule has 1 aliphatic heterocycles. The number of rotatable bonds is 2. The first-order chi connectivity index (χ1) is 8.11. The number of carbonyl (C=O) groups is 2. The van der Waals surface area contributed by atoms with E-state index in [-0.39, 0.29) is 11.8 Å².